The van der Waals surface area contributed by atoms with Gasteiger partial charge in [-0.05, 0) is 56.1 Å². The first-order chi connectivity index (χ1) is 16.0. The zero-order valence-electron chi connectivity index (χ0n) is 19.8. The summed E-state index contributed by atoms with van der Waals surface area (Å²) in [4.78, 5) is 21.1. The molecule has 4 N–H and O–H groups in total. The van der Waals surface area contributed by atoms with Crippen molar-refractivity contribution in [2.24, 2.45) is 0 Å². The quantitative estimate of drug-likeness (QED) is 0.442. The smallest absolute Gasteiger partial charge is 0.257 e. The van der Waals surface area contributed by atoms with Gasteiger partial charge in [0, 0.05) is 32.3 Å². The van der Waals surface area contributed by atoms with Crippen LogP contribution in [0.5, 0.6) is 0 Å². The zero-order valence-corrected chi connectivity index (χ0v) is 17.6. The van der Waals surface area contributed by atoms with Crippen LogP contribution < -0.4 is 11.1 Å². The number of hydrogen-bond acceptors (Lipinski definition) is 5. The van der Waals surface area contributed by atoms with E-state index in [-0.39, 0.29) is 11.6 Å². The van der Waals surface area contributed by atoms with Gasteiger partial charge in [-0.1, -0.05) is 29.8 Å². The van der Waals surface area contributed by atoms with Gasteiger partial charge in [-0.3, -0.25) is 9.20 Å². The van der Waals surface area contributed by atoms with Crippen molar-refractivity contribution in [3.05, 3.63) is 76.3 Å². The first-order valence-electron chi connectivity index (χ1n) is 11.0. The van der Waals surface area contributed by atoms with Gasteiger partial charge in [-0.2, -0.15) is 0 Å². The van der Waals surface area contributed by atoms with E-state index in [1.807, 2.05) is 0 Å². The predicted molar refractivity (Wildman–Crippen MR) is 122 cm³/mol. The number of hydrogen-bond donors (Lipinski definition) is 3. The van der Waals surface area contributed by atoms with E-state index in [1.54, 1.807) is 50.2 Å². The summed E-state index contributed by atoms with van der Waals surface area (Å²) in [5, 5.41) is 13.5. The van der Waals surface area contributed by atoms with Crippen LogP contribution in [0.1, 0.15) is 32.9 Å². The first kappa shape index (κ1) is 17.3. The maximum Gasteiger partial charge on any atom is 0.257 e. The minimum atomic E-state index is -2.46. The Bertz CT molecular complexity index is 1420. The van der Waals surface area contributed by atoms with Crippen molar-refractivity contribution in [1.29, 1.82) is 0 Å². The number of nitrogens with zero attached hydrogens (tertiary/aromatic N) is 3. The van der Waals surface area contributed by atoms with Crippen LogP contribution in [0.2, 0.25) is 5.02 Å². The van der Waals surface area contributed by atoms with Gasteiger partial charge in [0.2, 0.25) is 0 Å². The fourth-order valence-electron chi connectivity index (χ4n) is 3.52. The number of aliphatic hydroxyl groups excluding tert-OH is 1. The molecule has 2 aromatic heterocycles. The summed E-state index contributed by atoms with van der Waals surface area (Å²) in [6.45, 7) is 1.08. The molecule has 0 spiro atoms. The summed E-state index contributed by atoms with van der Waals surface area (Å²) in [7, 11) is 0. The SMILES string of the molecule is [2H]C([2H])([2H])c1nc(-c2ccc(NC(=O)[C@H](O)c3cccc(Cl)c3)cc2C)c2c(N)ncc(C)n12. The Labute approximate surface area is 188 Å². The molecule has 2 heterocycles. The van der Waals surface area contributed by atoms with E-state index in [0.29, 0.717) is 44.3 Å². The average Bonchev–Trinajstić information content (AvgIpc) is 3.18. The third-order valence-corrected chi connectivity index (χ3v) is 5.26. The number of nitrogens with one attached hydrogen (secondary N) is 1. The van der Waals surface area contributed by atoms with Crippen molar-refractivity contribution >= 4 is 34.5 Å². The Kier molecular flexibility index (Phi) is 4.47. The molecule has 7 nitrogen and oxygen atoms in total. The van der Waals surface area contributed by atoms with E-state index in [9.17, 15) is 9.90 Å². The summed E-state index contributed by atoms with van der Waals surface area (Å²) in [6, 6.07) is 11.5. The molecule has 0 saturated carbocycles. The van der Waals surface area contributed by atoms with Crippen LogP contribution in [0.15, 0.2) is 48.7 Å². The number of nitrogen functional groups attached to an aromatic ring is 1. The number of halogens is 1. The molecule has 2 aromatic carbocycles. The first-order valence-corrected chi connectivity index (χ1v) is 9.84. The maximum atomic E-state index is 12.6. The van der Waals surface area contributed by atoms with E-state index in [2.05, 4.69) is 15.3 Å². The molecule has 0 aliphatic carbocycles. The number of benzene rings is 2. The van der Waals surface area contributed by atoms with Crippen molar-refractivity contribution in [2.45, 2.75) is 26.8 Å². The summed E-state index contributed by atoms with van der Waals surface area (Å²) in [5.41, 5.74) is 9.67. The second kappa shape index (κ2) is 8.02. The second-order valence-corrected chi connectivity index (χ2v) is 7.67. The number of aliphatic hydroxyl groups is 1. The molecule has 8 heteroatoms. The highest BCUT2D eigenvalue weighted by atomic mass is 35.5. The lowest BCUT2D eigenvalue weighted by Gasteiger charge is -2.13. The fourth-order valence-corrected chi connectivity index (χ4v) is 3.71. The summed E-state index contributed by atoms with van der Waals surface area (Å²) < 4.78 is 25.2. The molecule has 0 aliphatic heterocycles. The van der Waals surface area contributed by atoms with Crippen LogP contribution in [-0.2, 0) is 4.79 Å². The zero-order chi connectivity index (χ0) is 24.8. The van der Waals surface area contributed by atoms with Crippen molar-refractivity contribution in [2.75, 3.05) is 11.1 Å². The van der Waals surface area contributed by atoms with Gasteiger partial charge in [0.15, 0.2) is 6.10 Å². The van der Waals surface area contributed by atoms with E-state index in [4.69, 9.17) is 21.4 Å². The minimum absolute atomic E-state index is 0.106. The highest BCUT2D eigenvalue weighted by molar-refractivity contribution is 6.30. The van der Waals surface area contributed by atoms with E-state index in [0.717, 1.165) is 0 Å². The van der Waals surface area contributed by atoms with Gasteiger partial charge in [-0.25, -0.2) is 9.97 Å². The molecule has 0 aliphatic rings. The lowest BCUT2D eigenvalue weighted by Crippen LogP contribution is -2.20. The Hall–Kier alpha value is -3.42. The van der Waals surface area contributed by atoms with E-state index in [1.165, 1.54) is 16.7 Å². The van der Waals surface area contributed by atoms with Crippen LogP contribution >= 0.6 is 11.6 Å². The molecule has 1 atom stereocenters. The highest BCUT2D eigenvalue weighted by Gasteiger charge is 2.20. The van der Waals surface area contributed by atoms with Crippen LogP contribution in [-0.4, -0.2) is 25.4 Å². The molecule has 1 amide bonds. The molecule has 158 valence electrons. The molecule has 4 rings (SSSR count). The minimum Gasteiger partial charge on any atom is -0.382 e. The maximum absolute atomic E-state index is 12.6. The van der Waals surface area contributed by atoms with Crippen molar-refractivity contribution in [1.82, 2.24) is 14.4 Å². The summed E-state index contributed by atoms with van der Waals surface area (Å²) >= 11 is 5.94. The molecular weight excluding hydrogens is 414 g/mol. The van der Waals surface area contributed by atoms with Crippen LogP contribution in [0.25, 0.3) is 16.8 Å². The van der Waals surface area contributed by atoms with Crippen molar-refractivity contribution in [3.8, 4) is 11.3 Å². The number of carbonyl (C=O) groups excluding carboxylic acids is 1. The topological polar surface area (TPSA) is 106 Å². The van der Waals surface area contributed by atoms with E-state index >= 15 is 0 Å². The lowest BCUT2D eigenvalue weighted by atomic mass is 10.0. The standard InChI is InChI=1S/C23H22ClN5O2/c1-12-9-17(28-23(31)21(30)15-5-4-6-16(24)10-15)7-8-18(12)19-20-22(25)26-11-13(2)29(20)14(3)27-19/h4-11,21,30H,1-3H3,(H2,25,26)(H,28,31)/t21-/m1/s1/i3D3. The second-order valence-electron chi connectivity index (χ2n) is 7.23. The highest BCUT2D eigenvalue weighted by Crippen LogP contribution is 2.32. The number of anilines is 2. The summed E-state index contributed by atoms with van der Waals surface area (Å²) in [5.74, 6) is -0.564. The summed E-state index contributed by atoms with van der Waals surface area (Å²) in [6.07, 6.45) is 0.103. The van der Waals surface area contributed by atoms with E-state index < -0.39 is 18.9 Å². The number of rotatable bonds is 4. The predicted octanol–water partition coefficient (Wildman–Crippen LogP) is 4.23. The normalized spacial score (nSPS) is 14.0. The molecular formula is C23H22ClN5O2. The number of aryl methyl sites for hydroxylation is 3. The number of carbonyl (C=O) groups is 1. The third-order valence-electron chi connectivity index (χ3n) is 5.03. The van der Waals surface area contributed by atoms with Crippen LogP contribution in [0.4, 0.5) is 11.5 Å². The fraction of sp³-hybridized carbons (Fsp3) is 0.174. The van der Waals surface area contributed by atoms with Crippen LogP contribution in [0.3, 0.4) is 0 Å². The van der Waals surface area contributed by atoms with Gasteiger partial charge in [0.25, 0.3) is 5.91 Å². The number of nitrogens with two attached hydrogens (primary N) is 1. The molecule has 4 aromatic rings. The molecule has 0 bridgehead atoms. The number of amides is 1. The Morgan fingerprint density at radius 1 is 1.29 bits per heavy atom. The molecule has 0 radical (unpaired) electrons. The third kappa shape index (κ3) is 3.85. The molecule has 0 saturated heterocycles. The van der Waals surface area contributed by atoms with Gasteiger partial charge in [0.05, 0.1) is 0 Å². The van der Waals surface area contributed by atoms with Gasteiger partial charge in [0.1, 0.15) is 22.9 Å². The largest absolute Gasteiger partial charge is 0.382 e. The van der Waals surface area contributed by atoms with Crippen LogP contribution in [0, 0.1) is 20.7 Å². The number of aromatic nitrogens is 3. The lowest BCUT2D eigenvalue weighted by molar-refractivity contribution is -0.124. The molecule has 0 unspecified atom stereocenters. The van der Waals surface area contributed by atoms with Gasteiger partial charge < -0.3 is 16.2 Å². The Balaban J connectivity index is 1.71. The Morgan fingerprint density at radius 2 is 2.10 bits per heavy atom. The van der Waals surface area contributed by atoms with Crippen molar-refractivity contribution in [3.63, 3.8) is 0 Å². The number of fused-ring (bicyclic) bond motifs is 1. The number of imidazole rings is 1. The van der Waals surface area contributed by atoms with Gasteiger partial charge >= 0.3 is 0 Å². The molecule has 31 heavy (non-hydrogen) atoms. The van der Waals surface area contributed by atoms with Gasteiger partial charge in [-0.15, -0.1) is 0 Å². The monoisotopic (exact) mass is 438 g/mol. The molecule has 0 fully saturated rings. The van der Waals surface area contributed by atoms with Crippen molar-refractivity contribution < 1.29 is 14.0 Å². The Morgan fingerprint density at radius 3 is 2.81 bits per heavy atom. The average molecular weight is 439 g/mol.